The number of aromatic nitrogens is 2. The van der Waals surface area contributed by atoms with Gasteiger partial charge in [-0.1, -0.05) is 19.0 Å². The average Bonchev–Trinajstić information content (AvgIpc) is 3.19. The molecule has 5 heteroatoms. The zero-order valence-electron chi connectivity index (χ0n) is 12.3. The van der Waals surface area contributed by atoms with E-state index in [9.17, 15) is 4.79 Å². The molecule has 2 aliphatic rings. The molecule has 1 amide bonds. The lowest BCUT2D eigenvalue weighted by atomic mass is 9.94. The van der Waals surface area contributed by atoms with Crippen LogP contribution in [0.15, 0.2) is 4.52 Å². The highest BCUT2D eigenvalue weighted by atomic mass is 16.5. The molecule has 1 atom stereocenters. The van der Waals surface area contributed by atoms with Crippen LogP contribution >= 0.6 is 0 Å². The first kappa shape index (κ1) is 13.6. The third kappa shape index (κ3) is 3.02. The van der Waals surface area contributed by atoms with Gasteiger partial charge < -0.3 is 9.42 Å². The SMILES string of the molecule is CC(C)C(=O)N1CCCC(Cc2nc(C3CC3)no2)C1. The van der Waals surface area contributed by atoms with E-state index in [0.717, 1.165) is 44.1 Å². The summed E-state index contributed by atoms with van der Waals surface area (Å²) in [6, 6.07) is 0. The molecule has 5 nitrogen and oxygen atoms in total. The molecule has 2 fully saturated rings. The van der Waals surface area contributed by atoms with Gasteiger partial charge in [-0.2, -0.15) is 4.98 Å². The van der Waals surface area contributed by atoms with E-state index < -0.39 is 0 Å². The van der Waals surface area contributed by atoms with E-state index in [1.54, 1.807) is 0 Å². The van der Waals surface area contributed by atoms with Crippen LogP contribution in [0, 0.1) is 11.8 Å². The van der Waals surface area contributed by atoms with Crippen LogP contribution < -0.4 is 0 Å². The summed E-state index contributed by atoms with van der Waals surface area (Å²) in [7, 11) is 0. The molecule has 1 aromatic heterocycles. The molecule has 1 aliphatic heterocycles. The molecule has 0 bridgehead atoms. The number of rotatable bonds is 4. The van der Waals surface area contributed by atoms with Gasteiger partial charge in [0, 0.05) is 31.3 Å². The second-order valence-corrected chi connectivity index (χ2v) is 6.47. The van der Waals surface area contributed by atoms with Crippen LogP contribution in [-0.2, 0) is 11.2 Å². The molecule has 110 valence electrons. The first-order chi connectivity index (χ1) is 9.63. The molecule has 0 radical (unpaired) electrons. The average molecular weight is 277 g/mol. The van der Waals surface area contributed by atoms with Crippen LogP contribution in [-0.4, -0.2) is 34.0 Å². The fourth-order valence-corrected chi connectivity index (χ4v) is 2.90. The van der Waals surface area contributed by atoms with Gasteiger partial charge in [0.05, 0.1) is 0 Å². The van der Waals surface area contributed by atoms with E-state index in [1.165, 1.54) is 12.8 Å². The first-order valence-electron chi connectivity index (χ1n) is 7.74. The van der Waals surface area contributed by atoms with Gasteiger partial charge >= 0.3 is 0 Å². The minimum atomic E-state index is 0.0821. The van der Waals surface area contributed by atoms with Gasteiger partial charge in [0.1, 0.15) is 0 Å². The molecule has 1 aromatic rings. The van der Waals surface area contributed by atoms with Crippen molar-refractivity contribution in [2.24, 2.45) is 11.8 Å². The Balaban J connectivity index is 1.57. The molecule has 0 N–H and O–H groups in total. The van der Waals surface area contributed by atoms with Crippen LogP contribution in [0.4, 0.5) is 0 Å². The van der Waals surface area contributed by atoms with E-state index in [1.807, 2.05) is 18.7 Å². The minimum absolute atomic E-state index is 0.0821. The summed E-state index contributed by atoms with van der Waals surface area (Å²) in [5.74, 6) is 2.97. The van der Waals surface area contributed by atoms with Gasteiger partial charge in [0.25, 0.3) is 0 Å². The van der Waals surface area contributed by atoms with Gasteiger partial charge in [-0.05, 0) is 31.6 Å². The molecular weight excluding hydrogens is 254 g/mol. The topological polar surface area (TPSA) is 59.2 Å². The molecule has 1 saturated carbocycles. The second-order valence-electron chi connectivity index (χ2n) is 6.47. The van der Waals surface area contributed by atoms with E-state index in [4.69, 9.17) is 4.52 Å². The number of carbonyl (C=O) groups is 1. The summed E-state index contributed by atoms with van der Waals surface area (Å²) in [6.07, 6.45) is 5.41. The lowest BCUT2D eigenvalue weighted by molar-refractivity contribution is -0.136. The molecule has 1 saturated heterocycles. The van der Waals surface area contributed by atoms with Crippen molar-refractivity contribution in [1.82, 2.24) is 15.0 Å². The van der Waals surface area contributed by atoms with Crippen molar-refractivity contribution in [2.45, 2.75) is 51.9 Å². The highest BCUT2D eigenvalue weighted by Gasteiger charge is 2.30. The normalized spacial score (nSPS) is 23.4. The van der Waals surface area contributed by atoms with Gasteiger partial charge in [0.2, 0.25) is 11.8 Å². The lowest BCUT2D eigenvalue weighted by Gasteiger charge is -2.33. The van der Waals surface area contributed by atoms with Crippen molar-refractivity contribution in [2.75, 3.05) is 13.1 Å². The number of hydrogen-bond donors (Lipinski definition) is 0. The molecule has 3 rings (SSSR count). The molecule has 1 aliphatic carbocycles. The maximum Gasteiger partial charge on any atom is 0.226 e. The Hall–Kier alpha value is -1.39. The van der Waals surface area contributed by atoms with Crippen molar-refractivity contribution >= 4 is 5.91 Å². The summed E-state index contributed by atoms with van der Waals surface area (Å²) in [4.78, 5) is 18.6. The van der Waals surface area contributed by atoms with E-state index in [2.05, 4.69) is 10.1 Å². The number of amides is 1. The number of piperidine rings is 1. The Morgan fingerprint density at radius 2 is 2.20 bits per heavy atom. The van der Waals surface area contributed by atoms with Crippen LogP contribution in [0.3, 0.4) is 0 Å². The zero-order valence-corrected chi connectivity index (χ0v) is 12.3. The Morgan fingerprint density at radius 3 is 2.90 bits per heavy atom. The largest absolute Gasteiger partial charge is 0.342 e. The van der Waals surface area contributed by atoms with Crippen LogP contribution in [0.5, 0.6) is 0 Å². The number of likely N-dealkylation sites (tertiary alicyclic amines) is 1. The first-order valence-corrected chi connectivity index (χ1v) is 7.74. The summed E-state index contributed by atoms with van der Waals surface area (Å²) in [5.41, 5.74) is 0. The van der Waals surface area contributed by atoms with Crippen molar-refractivity contribution < 1.29 is 9.32 Å². The Morgan fingerprint density at radius 1 is 1.40 bits per heavy atom. The summed E-state index contributed by atoms with van der Waals surface area (Å²) in [6.45, 7) is 5.65. The molecule has 2 heterocycles. The Kier molecular flexibility index (Phi) is 3.76. The predicted octanol–water partition coefficient (Wildman–Crippen LogP) is 2.38. The van der Waals surface area contributed by atoms with Crippen LogP contribution in [0.2, 0.25) is 0 Å². The third-order valence-corrected chi connectivity index (χ3v) is 4.21. The molecule has 20 heavy (non-hydrogen) atoms. The minimum Gasteiger partial charge on any atom is -0.342 e. The van der Waals surface area contributed by atoms with Gasteiger partial charge in [-0.25, -0.2) is 0 Å². The zero-order chi connectivity index (χ0) is 14.1. The fourth-order valence-electron chi connectivity index (χ4n) is 2.90. The summed E-state index contributed by atoms with van der Waals surface area (Å²) < 4.78 is 5.35. The van der Waals surface area contributed by atoms with Gasteiger partial charge in [-0.3, -0.25) is 4.79 Å². The fraction of sp³-hybridized carbons (Fsp3) is 0.800. The van der Waals surface area contributed by atoms with Crippen LogP contribution in [0.1, 0.15) is 57.2 Å². The van der Waals surface area contributed by atoms with Crippen molar-refractivity contribution in [3.8, 4) is 0 Å². The van der Waals surface area contributed by atoms with Crippen molar-refractivity contribution in [3.63, 3.8) is 0 Å². The Labute approximate surface area is 119 Å². The van der Waals surface area contributed by atoms with E-state index >= 15 is 0 Å². The van der Waals surface area contributed by atoms with E-state index in [-0.39, 0.29) is 11.8 Å². The molecule has 0 spiro atoms. The predicted molar refractivity (Wildman–Crippen MR) is 74.1 cm³/mol. The molecule has 0 aromatic carbocycles. The summed E-state index contributed by atoms with van der Waals surface area (Å²) >= 11 is 0. The molecule has 1 unspecified atom stereocenters. The number of nitrogens with zero attached hydrogens (tertiary/aromatic N) is 3. The standard InChI is InChI=1S/C15H23N3O2/c1-10(2)15(19)18-7-3-4-11(9-18)8-13-16-14(17-20-13)12-5-6-12/h10-12H,3-9H2,1-2H3. The Bertz CT molecular complexity index is 479. The van der Waals surface area contributed by atoms with Crippen molar-refractivity contribution in [3.05, 3.63) is 11.7 Å². The van der Waals surface area contributed by atoms with Crippen LogP contribution in [0.25, 0.3) is 0 Å². The highest BCUT2D eigenvalue weighted by molar-refractivity contribution is 5.78. The lowest BCUT2D eigenvalue weighted by Crippen LogP contribution is -2.42. The third-order valence-electron chi connectivity index (χ3n) is 4.21. The summed E-state index contributed by atoms with van der Waals surface area (Å²) in [5, 5.41) is 4.06. The van der Waals surface area contributed by atoms with E-state index in [0.29, 0.717) is 11.8 Å². The van der Waals surface area contributed by atoms with Gasteiger partial charge in [-0.15, -0.1) is 0 Å². The number of carbonyl (C=O) groups excluding carboxylic acids is 1. The smallest absolute Gasteiger partial charge is 0.226 e. The maximum absolute atomic E-state index is 12.1. The quantitative estimate of drug-likeness (QED) is 0.848. The second kappa shape index (κ2) is 5.54. The van der Waals surface area contributed by atoms with Gasteiger partial charge in [0.15, 0.2) is 5.82 Å². The number of hydrogen-bond acceptors (Lipinski definition) is 4. The monoisotopic (exact) mass is 277 g/mol. The molecular formula is C15H23N3O2. The highest BCUT2D eigenvalue weighted by Crippen LogP contribution is 2.38. The maximum atomic E-state index is 12.1. The van der Waals surface area contributed by atoms with Crippen molar-refractivity contribution in [1.29, 1.82) is 0 Å².